The fraction of sp³-hybridized carbons (Fsp3) is 0.875. The minimum atomic E-state index is -0.530. The average molecular weight is 330 g/mol. The molecule has 1 atom stereocenters. The van der Waals surface area contributed by atoms with Crippen LogP contribution < -0.4 is 0 Å². The lowest BCUT2D eigenvalue weighted by Crippen LogP contribution is -2.33. The van der Waals surface area contributed by atoms with Gasteiger partial charge in [-0.05, 0) is 45.4 Å². The van der Waals surface area contributed by atoms with Gasteiger partial charge in [-0.1, -0.05) is 0 Å². The molecule has 23 heavy (non-hydrogen) atoms. The van der Waals surface area contributed by atoms with Crippen LogP contribution in [0.25, 0.3) is 0 Å². The molecule has 1 unspecified atom stereocenters. The molecule has 3 amide bonds. The number of carbonyl (C=O) groups is 2. The molecule has 3 rings (SSSR count). The third kappa shape index (κ3) is 6.85. The normalized spacial score (nSPS) is 24.6. The maximum Gasteiger partial charge on any atom is 0.329 e. The van der Waals surface area contributed by atoms with Gasteiger partial charge in [-0.25, -0.2) is 4.79 Å². The molecule has 3 saturated heterocycles. The highest BCUT2D eigenvalue weighted by molar-refractivity contribution is 6.03. The lowest BCUT2D eigenvalue weighted by Gasteiger charge is -2.13. The topological polar surface area (TPSA) is 79.3 Å². The second-order valence-electron chi connectivity index (χ2n) is 5.81. The molecule has 3 heterocycles. The fourth-order valence-electron chi connectivity index (χ4n) is 2.42. The number of hydrogen-bond acceptors (Lipinski definition) is 5. The predicted octanol–water partition coefficient (Wildman–Crippen LogP) is 1.59. The van der Waals surface area contributed by atoms with Gasteiger partial charge in [-0.15, -0.1) is 0 Å². The highest BCUT2D eigenvalue weighted by atomic mass is 16.5. The number of nitrogens with zero attached hydrogens (tertiary/aromatic N) is 2. The molecule has 3 fully saturated rings. The van der Waals surface area contributed by atoms with E-state index in [0.29, 0.717) is 0 Å². The summed E-state index contributed by atoms with van der Waals surface area (Å²) in [6.45, 7) is 5.18. The van der Waals surface area contributed by atoms with Gasteiger partial charge in [0, 0.05) is 33.5 Å². The molecule has 134 valence electrons. The smallest absolute Gasteiger partial charge is 0.329 e. The van der Waals surface area contributed by atoms with Crippen molar-refractivity contribution >= 4 is 11.9 Å². The number of carbonyl (C=O) groups excluding carboxylic acids is 2. The molecule has 0 bridgehead atoms. The van der Waals surface area contributed by atoms with E-state index in [1.807, 2.05) is 0 Å². The summed E-state index contributed by atoms with van der Waals surface area (Å²) in [5.74, 6) is -0.274. The van der Waals surface area contributed by atoms with E-state index in [9.17, 15) is 9.59 Å². The molecule has 0 aromatic carbocycles. The van der Waals surface area contributed by atoms with Crippen molar-refractivity contribution in [3.8, 4) is 0 Å². The van der Waals surface area contributed by atoms with Crippen molar-refractivity contribution in [3.63, 3.8) is 0 Å². The number of amides is 3. The van der Waals surface area contributed by atoms with Crippen molar-refractivity contribution in [2.75, 3.05) is 40.2 Å². The van der Waals surface area contributed by atoms with Crippen molar-refractivity contribution in [2.45, 2.75) is 51.5 Å². The first-order valence-electron chi connectivity index (χ1n) is 8.44. The summed E-state index contributed by atoms with van der Waals surface area (Å²) in [4.78, 5) is 24.2. The number of rotatable bonds is 1. The third-order valence-electron chi connectivity index (χ3n) is 4.00. The molecule has 7 heteroatoms. The lowest BCUT2D eigenvalue weighted by atomic mass is 10.2. The quantitative estimate of drug-likeness (QED) is 0.739. The Morgan fingerprint density at radius 2 is 1.39 bits per heavy atom. The summed E-state index contributed by atoms with van der Waals surface area (Å²) in [5, 5.41) is 8.67. The summed E-state index contributed by atoms with van der Waals surface area (Å²) >= 11 is 0. The lowest BCUT2D eigenvalue weighted by molar-refractivity contribution is -0.127. The van der Waals surface area contributed by atoms with E-state index in [4.69, 9.17) is 14.6 Å². The Kier molecular flexibility index (Phi) is 9.82. The molecule has 0 saturated carbocycles. The Balaban J connectivity index is 0.000000187. The van der Waals surface area contributed by atoms with E-state index in [1.165, 1.54) is 45.6 Å². The third-order valence-corrected chi connectivity index (χ3v) is 4.00. The van der Waals surface area contributed by atoms with E-state index < -0.39 is 18.8 Å². The van der Waals surface area contributed by atoms with Crippen molar-refractivity contribution in [1.82, 2.24) is 9.80 Å². The number of imide groups is 1. The molecular formula is C16H30N2O5. The van der Waals surface area contributed by atoms with Gasteiger partial charge >= 0.3 is 6.03 Å². The molecule has 0 aromatic heterocycles. The number of urea groups is 1. The number of aliphatic hydroxyl groups excluding tert-OH is 1. The molecule has 0 aliphatic carbocycles. The van der Waals surface area contributed by atoms with E-state index in [0.717, 1.165) is 36.2 Å². The van der Waals surface area contributed by atoms with Crippen LogP contribution in [0.5, 0.6) is 0 Å². The minimum Gasteiger partial charge on any atom is -0.381 e. The second-order valence-corrected chi connectivity index (χ2v) is 5.81. The largest absolute Gasteiger partial charge is 0.381 e. The number of ether oxygens (including phenoxy) is 2. The predicted molar refractivity (Wildman–Crippen MR) is 85.9 cm³/mol. The van der Waals surface area contributed by atoms with Gasteiger partial charge in [0.05, 0.1) is 0 Å². The van der Waals surface area contributed by atoms with Crippen LogP contribution in [0.3, 0.4) is 0 Å². The molecule has 3 aliphatic rings. The van der Waals surface area contributed by atoms with Gasteiger partial charge in [0.2, 0.25) is 0 Å². The highest BCUT2D eigenvalue weighted by Crippen LogP contribution is 2.13. The zero-order valence-corrected chi connectivity index (χ0v) is 14.3. The van der Waals surface area contributed by atoms with Gasteiger partial charge in [0.15, 0.2) is 0 Å². The van der Waals surface area contributed by atoms with Crippen LogP contribution in [0.1, 0.15) is 45.4 Å². The zero-order chi connectivity index (χ0) is 17.1. The van der Waals surface area contributed by atoms with Gasteiger partial charge in [-0.2, -0.15) is 0 Å². The van der Waals surface area contributed by atoms with Gasteiger partial charge < -0.3 is 14.6 Å². The average Bonchev–Trinajstić information content (AvgIpc) is 2.82. The zero-order valence-electron chi connectivity index (χ0n) is 14.3. The Morgan fingerprint density at radius 3 is 1.52 bits per heavy atom. The van der Waals surface area contributed by atoms with E-state index in [-0.39, 0.29) is 5.91 Å². The number of likely N-dealkylation sites (N-methyl/N-ethyl adjacent to an activating group) is 1. The first-order chi connectivity index (χ1) is 11.1. The summed E-state index contributed by atoms with van der Waals surface area (Å²) in [7, 11) is 1.40. The molecule has 0 radical (unpaired) electrons. The Morgan fingerprint density at radius 1 is 0.957 bits per heavy atom. The highest BCUT2D eigenvalue weighted by Gasteiger charge is 2.39. The van der Waals surface area contributed by atoms with E-state index >= 15 is 0 Å². The van der Waals surface area contributed by atoms with Gasteiger partial charge in [0.1, 0.15) is 12.8 Å². The van der Waals surface area contributed by atoms with Crippen molar-refractivity contribution < 1.29 is 24.2 Å². The number of hydrogen-bond donors (Lipinski definition) is 1. The minimum absolute atomic E-state index is 0.274. The van der Waals surface area contributed by atoms with E-state index in [2.05, 4.69) is 0 Å². The molecule has 0 spiro atoms. The Hall–Kier alpha value is -1.18. The van der Waals surface area contributed by atoms with Gasteiger partial charge in [-0.3, -0.25) is 14.6 Å². The van der Waals surface area contributed by atoms with Crippen molar-refractivity contribution in [3.05, 3.63) is 0 Å². The van der Waals surface area contributed by atoms with Crippen LogP contribution in [0, 0.1) is 0 Å². The molecule has 1 N–H and O–H groups in total. The van der Waals surface area contributed by atoms with Crippen molar-refractivity contribution in [2.24, 2.45) is 0 Å². The fourth-order valence-corrected chi connectivity index (χ4v) is 2.42. The van der Waals surface area contributed by atoms with Crippen LogP contribution in [-0.4, -0.2) is 73.1 Å². The molecule has 3 aliphatic heterocycles. The summed E-state index contributed by atoms with van der Waals surface area (Å²) < 4.78 is 10.1. The van der Waals surface area contributed by atoms with Crippen LogP contribution in [-0.2, 0) is 14.3 Å². The van der Waals surface area contributed by atoms with Crippen molar-refractivity contribution in [1.29, 1.82) is 0 Å². The number of aliphatic hydroxyl groups is 1. The first-order valence-corrected chi connectivity index (χ1v) is 8.44. The molecular weight excluding hydrogens is 300 g/mol. The van der Waals surface area contributed by atoms with Crippen LogP contribution in [0.15, 0.2) is 0 Å². The molecule has 0 aromatic rings. The first kappa shape index (κ1) is 19.9. The maximum atomic E-state index is 11.0. The summed E-state index contributed by atoms with van der Waals surface area (Å²) in [6, 6.07) is -0.970. The molecule has 7 nitrogen and oxygen atoms in total. The Bertz CT molecular complexity index is 321. The summed E-state index contributed by atoms with van der Waals surface area (Å²) in [6.07, 6.45) is 7.86. The van der Waals surface area contributed by atoms with Crippen LogP contribution in [0.4, 0.5) is 4.79 Å². The maximum absolute atomic E-state index is 11.0. The van der Waals surface area contributed by atoms with Gasteiger partial charge in [0.25, 0.3) is 5.91 Å². The Labute approximate surface area is 138 Å². The van der Waals surface area contributed by atoms with E-state index in [1.54, 1.807) is 6.92 Å². The standard InChI is InChI=1S/C6H10N2O3.2C5H10O/c1-4-5(10)7(2)6(11)8(4)3-9;2*1-2-4-6-5-3-1/h4,9H,3H2,1-2H3;2*1-5H2. The van der Waals surface area contributed by atoms with Crippen LogP contribution in [0.2, 0.25) is 0 Å². The second kappa shape index (κ2) is 11.4. The SMILES string of the molecule is C1CCOCC1.C1CCOCC1.CC1C(=O)N(C)C(=O)N1CO. The monoisotopic (exact) mass is 330 g/mol. The summed E-state index contributed by atoms with van der Waals surface area (Å²) in [5.41, 5.74) is 0. The van der Waals surface area contributed by atoms with Crippen LogP contribution >= 0.6 is 0 Å².